The molecule has 23 heavy (non-hydrogen) atoms. The predicted octanol–water partition coefficient (Wildman–Crippen LogP) is 1.13. The molecule has 2 aromatic heterocycles. The van der Waals surface area contributed by atoms with Crippen molar-refractivity contribution in [2.24, 2.45) is 7.05 Å². The van der Waals surface area contributed by atoms with Gasteiger partial charge in [-0.1, -0.05) is 6.07 Å². The summed E-state index contributed by atoms with van der Waals surface area (Å²) in [7, 11) is 1.94. The molecule has 0 aliphatic rings. The second kappa shape index (κ2) is 6.80. The van der Waals surface area contributed by atoms with Crippen molar-refractivity contribution in [2.75, 3.05) is 13.2 Å². The summed E-state index contributed by atoms with van der Waals surface area (Å²) < 4.78 is 7.70. The van der Waals surface area contributed by atoms with Gasteiger partial charge in [0.05, 0.1) is 17.4 Å². The number of H-pyrrole nitrogens is 1. The van der Waals surface area contributed by atoms with Crippen LogP contribution < -0.4 is 10.1 Å². The van der Waals surface area contributed by atoms with Gasteiger partial charge in [0.15, 0.2) is 0 Å². The molecule has 0 saturated carbocycles. The number of hydrogen-bond donors (Lipinski definition) is 3. The van der Waals surface area contributed by atoms with Crippen LogP contribution in [0.5, 0.6) is 5.75 Å². The molecule has 122 valence electrons. The summed E-state index contributed by atoms with van der Waals surface area (Å²) in [6, 6.07) is 5.71. The summed E-state index contributed by atoms with van der Waals surface area (Å²) in [6.07, 6.45) is 3.05. The van der Waals surface area contributed by atoms with E-state index in [9.17, 15) is 5.11 Å². The minimum absolute atomic E-state index is 0.220. The molecule has 7 nitrogen and oxygen atoms in total. The van der Waals surface area contributed by atoms with Gasteiger partial charge in [-0.15, -0.1) is 0 Å². The zero-order chi connectivity index (χ0) is 16.2. The fourth-order valence-electron chi connectivity index (χ4n) is 2.47. The van der Waals surface area contributed by atoms with Crippen LogP contribution in [0.3, 0.4) is 0 Å². The molecule has 0 unspecified atom stereocenters. The van der Waals surface area contributed by atoms with Gasteiger partial charge in [0, 0.05) is 31.7 Å². The molecule has 0 amide bonds. The third kappa shape index (κ3) is 3.52. The van der Waals surface area contributed by atoms with E-state index in [0.717, 1.165) is 28.2 Å². The van der Waals surface area contributed by atoms with Crippen molar-refractivity contribution in [2.45, 2.75) is 19.6 Å². The van der Waals surface area contributed by atoms with Crippen LogP contribution in [0.2, 0.25) is 0 Å². The van der Waals surface area contributed by atoms with E-state index in [0.29, 0.717) is 13.1 Å². The molecule has 1 atom stereocenters. The second-order valence-electron chi connectivity index (χ2n) is 5.55. The van der Waals surface area contributed by atoms with Crippen molar-refractivity contribution in [3.63, 3.8) is 0 Å². The fourth-order valence-corrected chi connectivity index (χ4v) is 2.47. The zero-order valence-electron chi connectivity index (χ0n) is 13.3. The van der Waals surface area contributed by atoms with E-state index in [1.165, 1.54) is 0 Å². The van der Waals surface area contributed by atoms with Crippen molar-refractivity contribution >= 4 is 10.9 Å². The number of aromatic nitrogens is 4. The summed E-state index contributed by atoms with van der Waals surface area (Å²) in [5.41, 5.74) is 1.82. The normalized spacial score (nSPS) is 12.7. The lowest BCUT2D eigenvalue weighted by Crippen LogP contribution is -2.31. The zero-order valence-corrected chi connectivity index (χ0v) is 13.3. The highest BCUT2D eigenvalue weighted by Gasteiger charge is 2.11. The lowest BCUT2D eigenvalue weighted by atomic mass is 10.2. The van der Waals surface area contributed by atoms with Crippen LogP contribution in [0.1, 0.15) is 11.5 Å². The molecular formula is C16H21N5O2. The number of aliphatic hydroxyl groups excluding tert-OH is 1. The first-order valence-corrected chi connectivity index (χ1v) is 7.56. The first kappa shape index (κ1) is 15.5. The molecule has 0 bridgehead atoms. The molecule has 0 fully saturated rings. The largest absolute Gasteiger partial charge is 0.490 e. The minimum Gasteiger partial charge on any atom is -0.490 e. The number of nitrogens with one attached hydrogen (secondary N) is 2. The van der Waals surface area contributed by atoms with Gasteiger partial charge >= 0.3 is 0 Å². The van der Waals surface area contributed by atoms with Gasteiger partial charge in [-0.05, 0) is 19.1 Å². The third-order valence-corrected chi connectivity index (χ3v) is 3.74. The Morgan fingerprint density at radius 3 is 3.09 bits per heavy atom. The Labute approximate surface area is 134 Å². The number of benzene rings is 1. The molecule has 0 aliphatic heterocycles. The van der Waals surface area contributed by atoms with Crippen LogP contribution >= 0.6 is 0 Å². The van der Waals surface area contributed by atoms with Crippen LogP contribution in [0.15, 0.2) is 30.6 Å². The third-order valence-electron chi connectivity index (χ3n) is 3.74. The van der Waals surface area contributed by atoms with Crippen LogP contribution in [0, 0.1) is 6.92 Å². The Bertz CT molecular complexity index is 780. The van der Waals surface area contributed by atoms with E-state index >= 15 is 0 Å². The number of hydrogen-bond acceptors (Lipinski definition) is 5. The summed E-state index contributed by atoms with van der Waals surface area (Å²) >= 11 is 0. The molecule has 3 aromatic rings. The van der Waals surface area contributed by atoms with Crippen molar-refractivity contribution in [3.05, 3.63) is 42.1 Å². The Hall–Kier alpha value is -2.38. The molecule has 0 aliphatic carbocycles. The average molecular weight is 315 g/mol. The molecular weight excluding hydrogens is 294 g/mol. The molecule has 3 N–H and O–H groups in total. The topological polar surface area (TPSA) is 88.0 Å². The maximum atomic E-state index is 10.1. The van der Waals surface area contributed by atoms with Gasteiger partial charge in [-0.3, -0.25) is 5.10 Å². The molecule has 0 saturated heterocycles. The van der Waals surface area contributed by atoms with E-state index in [1.807, 2.05) is 42.9 Å². The monoisotopic (exact) mass is 315 g/mol. The van der Waals surface area contributed by atoms with Gasteiger partial charge in [-0.2, -0.15) is 5.10 Å². The number of aliphatic hydroxyl groups is 1. The molecule has 1 aromatic carbocycles. The van der Waals surface area contributed by atoms with Crippen LogP contribution in [0.4, 0.5) is 0 Å². The number of fused-ring (bicyclic) bond motifs is 1. The summed E-state index contributed by atoms with van der Waals surface area (Å²) in [5, 5.41) is 21.3. The summed E-state index contributed by atoms with van der Waals surface area (Å²) in [4.78, 5) is 4.22. The van der Waals surface area contributed by atoms with E-state index in [2.05, 4.69) is 20.5 Å². The van der Waals surface area contributed by atoms with Gasteiger partial charge in [0.25, 0.3) is 0 Å². The number of ether oxygens (including phenoxy) is 1. The van der Waals surface area contributed by atoms with E-state index in [1.54, 1.807) is 6.20 Å². The number of aromatic amines is 1. The highest BCUT2D eigenvalue weighted by Crippen LogP contribution is 2.26. The molecule has 0 spiro atoms. The van der Waals surface area contributed by atoms with Crippen LogP contribution in [-0.2, 0) is 13.6 Å². The van der Waals surface area contributed by atoms with Crippen molar-refractivity contribution < 1.29 is 9.84 Å². The standard InChI is InChI=1S/C16H21N5O2/c1-11-16-13(20-19-11)4-3-5-14(16)23-10-12(22)8-17-9-15-18-6-7-21(15)2/h3-7,12,17,22H,8-10H2,1-2H3,(H,19,20)/t12-/m0/s1. The number of imidazole rings is 1. The first-order chi connectivity index (χ1) is 11.1. The van der Waals surface area contributed by atoms with Gasteiger partial charge < -0.3 is 19.7 Å². The van der Waals surface area contributed by atoms with E-state index < -0.39 is 6.10 Å². The number of rotatable bonds is 7. The van der Waals surface area contributed by atoms with Crippen LogP contribution in [-0.4, -0.2) is 44.1 Å². The highest BCUT2D eigenvalue weighted by molar-refractivity contribution is 5.87. The van der Waals surface area contributed by atoms with Crippen molar-refractivity contribution in [1.82, 2.24) is 25.1 Å². The van der Waals surface area contributed by atoms with Gasteiger partial charge in [0.1, 0.15) is 24.3 Å². The van der Waals surface area contributed by atoms with E-state index in [-0.39, 0.29) is 6.61 Å². The molecule has 2 heterocycles. The predicted molar refractivity (Wildman–Crippen MR) is 87.2 cm³/mol. The highest BCUT2D eigenvalue weighted by atomic mass is 16.5. The van der Waals surface area contributed by atoms with E-state index in [4.69, 9.17) is 4.74 Å². The number of aryl methyl sites for hydroxylation is 2. The Balaban J connectivity index is 1.51. The SMILES string of the molecule is Cc1[nH]nc2cccc(OC[C@@H](O)CNCc3nccn3C)c12. The number of nitrogens with zero attached hydrogens (tertiary/aromatic N) is 3. The maximum Gasteiger partial charge on any atom is 0.130 e. The summed E-state index contributed by atoms with van der Waals surface area (Å²) in [6.45, 7) is 3.22. The molecule has 7 heteroatoms. The lowest BCUT2D eigenvalue weighted by molar-refractivity contribution is 0.107. The van der Waals surface area contributed by atoms with Crippen molar-refractivity contribution in [3.8, 4) is 5.75 Å². The van der Waals surface area contributed by atoms with Gasteiger partial charge in [0.2, 0.25) is 0 Å². The fraction of sp³-hybridized carbons (Fsp3) is 0.375. The molecule has 0 radical (unpaired) electrons. The quantitative estimate of drug-likeness (QED) is 0.608. The maximum absolute atomic E-state index is 10.1. The van der Waals surface area contributed by atoms with Crippen LogP contribution in [0.25, 0.3) is 10.9 Å². The first-order valence-electron chi connectivity index (χ1n) is 7.56. The van der Waals surface area contributed by atoms with Gasteiger partial charge in [-0.25, -0.2) is 4.98 Å². The minimum atomic E-state index is -0.599. The Morgan fingerprint density at radius 2 is 2.30 bits per heavy atom. The second-order valence-corrected chi connectivity index (χ2v) is 5.55. The smallest absolute Gasteiger partial charge is 0.130 e. The molecule has 3 rings (SSSR count). The van der Waals surface area contributed by atoms with Crippen molar-refractivity contribution in [1.29, 1.82) is 0 Å². The summed E-state index contributed by atoms with van der Waals surface area (Å²) in [5.74, 6) is 1.66. The Kier molecular flexibility index (Phi) is 4.59. The lowest BCUT2D eigenvalue weighted by Gasteiger charge is -2.14. The Morgan fingerprint density at radius 1 is 1.43 bits per heavy atom. The average Bonchev–Trinajstić information content (AvgIpc) is 3.12.